The lowest BCUT2D eigenvalue weighted by molar-refractivity contribution is -0.283. The highest BCUT2D eigenvalue weighted by atomic mass is 16.3. The first kappa shape index (κ1) is 5.94. The van der Waals surface area contributed by atoms with Gasteiger partial charge in [-0.2, -0.15) is 5.10 Å². The minimum atomic E-state index is -0.516. The first-order valence-corrected chi connectivity index (χ1v) is 2.55. The zero-order valence-electron chi connectivity index (χ0n) is 5.25. The van der Waals surface area contributed by atoms with Gasteiger partial charge >= 0.3 is 0 Å². The maximum Gasteiger partial charge on any atom is 0.106 e. The molecule has 0 N–H and O–H groups in total. The highest BCUT2D eigenvalue weighted by molar-refractivity contribution is 5.05. The average Bonchev–Trinajstić information content (AvgIpc) is 1.80. The van der Waals surface area contributed by atoms with Crippen LogP contribution in [-0.4, -0.2) is 15.2 Å². The minimum absolute atomic E-state index is 0.516. The van der Waals surface area contributed by atoms with E-state index >= 15 is 0 Å². The molecular weight excluding hydrogens is 118 g/mol. The third-order valence-corrected chi connectivity index (χ3v) is 1.07. The van der Waals surface area contributed by atoms with Crippen molar-refractivity contribution in [3.8, 4) is 6.01 Å². The lowest BCUT2D eigenvalue weighted by Gasteiger charge is -2.02. The molecule has 0 aromatic carbocycles. The summed E-state index contributed by atoms with van der Waals surface area (Å²) in [4.78, 5) is 3.54. The Morgan fingerprint density at radius 1 is 1.11 bits per heavy atom. The van der Waals surface area contributed by atoms with Crippen molar-refractivity contribution >= 4 is 0 Å². The van der Waals surface area contributed by atoms with E-state index in [9.17, 15) is 5.11 Å². The smallest absolute Gasteiger partial charge is 0.106 e. The van der Waals surface area contributed by atoms with E-state index in [2.05, 4.69) is 15.2 Å². The van der Waals surface area contributed by atoms with Gasteiger partial charge in [-0.25, -0.2) is 4.98 Å². The van der Waals surface area contributed by atoms with Gasteiger partial charge in [0.2, 0.25) is 0 Å². The lowest BCUT2D eigenvalue weighted by Crippen LogP contribution is -2.03. The summed E-state index contributed by atoms with van der Waals surface area (Å²) < 4.78 is 0. The molecule has 1 aromatic rings. The van der Waals surface area contributed by atoms with Gasteiger partial charge < -0.3 is 5.11 Å². The molecular formula is C5H6N3O-. The normalized spacial score (nSPS) is 9.56. The van der Waals surface area contributed by atoms with Crippen LogP contribution in [-0.2, 0) is 0 Å². The molecule has 0 unspecified atom stereocenters. The number of aryl methyl sites for hydroxylation is 2. The van der Waals surface area contributed by atoms with E-state index in [4.69, 9.17) is 0 Å². The monoisotopic (exact) mass is 124 g/mol. The highest BCUT2D eigenvalue weighted by Crippen LogP contribution is 1.97. The van der Waals surface area contributed by atoms with Crippen LogP contribution in [0.3, 0.4) is 0 Å². The molecule has 0 fully saturated rings. The number of hydrogen-bond donors (Lipinski definition) is 0. The largest absolute Gasteiger partial charge is 0.843 e. The van der Waals surface area contributed by atoms with Crippen LogP contribution in [0.1, 0.15) is 11.4 Å². The summed E-state index contributed by atoms with van der Waals surface area (Å²) >= 11 is 0. The zero-order chi connectivity index (χ0) is 6.85. The van der Waals surface area contributed by atoms with Crippen molar-refractivity contribution in [1.82, 2.24) is 15.2 Å². The fourth-order valence-corrected chi connectivity index (χ4v) is 0.437. The summed E-state index contributed by atoms with van der Waals surface area (Å²) in [6, 6.07) is -0.516. The Morgan fingerprint density at radius 2 is 1.78 bits per heavy atom. The summed E-state index contributed by atoms with van der Waals surface area (Å²) in [5.41, 5.74) is 1.35. The first-order valence-electron chi connectivity index (χ1n) is 2.55. The molecule has 0 amide bonds. The van der Waals surface area contributed by atoms with E-state index in [0.29, 0.717) is 11.4 Å². The molecule has 0 bridgehead atoms. The predicted molar refractivity (Wildman–Crippen MR) is 28.7 cm³/mol. The first-order chi connectivity index (χ1) is 4.20. The van der Waals surface area contributed by atoms with Gasteiger partial charge in [-0.3, -0.25) is 0 Å². The van der Waals surface area contributed by atoms with Crippen molar-refractivity contribution in [1.29, 1.82) is 0 Å². The fraction of sp³-hybridized carbons (Fsp3) is 0.400. The van der Waals surface area contributed by atoms with E-state index in [1.54, 1.807) is 13.8 Å². The molecule has 1 rings (SSSR count). The number of hydrogen-bond acceptors (Lipinski definition) is 4. The Hall–Kier alpha value is -1.19. The highest BCUT2D eigenvalue weighted by Gasteiger charge is 1.91. The second kappa shape index (κ2) is 1.97. The van der Waals surface area contributed by atoms with Gasteiger partial charge in [0.1, 0.15) is 6.01 Å². The summed E-state index contributed by atoms with van der Waals surface area (Å²) in [5.74, 6) is 0. The second-order valence-corrected chi connectivity index (χ2v) is 1.77. The van der Waals surface area contributed by atoms with Gasteiger partial charge in [-0.15, -0.1) is 5.10 Å². The molecule has 0 aliphatic heterocycles. The van der Waals surface area contributed by atoms with Crippen molar-refractivity contribution in [2.45, 2.75) is 13.8 Å². The number of aromatic nitrogens is 3. The van der Waals surface area contributed by atoms with Crippen molar-refractivity contribution in [2.24, 2.45) is 0 Å². The molecule has 1 aromatic heterocycles. The molecule has 0 saturated heterocycles. The SMILES string of the molecule is Cc1nnc([O-])nc1C. The molecule has 0 spiro atoms. The maximum atomic E-state index is 10.4. The Kier molecular flexibility index (Phi) is 1.30. The second-order valence-electron chi connectivity index (χ2n) is 1.77. The maximum absolute atomic E-state index is 10.4. The van der Waals surface area contributed by atoms with Crippen molar-refractivity contribution in [3.63, 3.8) is 0 Å². The van der Waals surface area contributed by atoms with E-state index in [0.717, 1.165) is 0 Å². The van der Waals surface area contributed by atoms with Crippen molar-refractivity contribution in [3.05, 3.63) is 11.4 Å². The van der Waals surface area contributed by atoms with Crippen LogP contribution in [0.4, 0.5) is 0 Å². The fourth-order valence-electron chi connectivity index (χ4n) is 0.437. The minimum Gasteiger partial charge on any atom is -0.843 e. The van der Waals surface area contributed by atoms with Gasteiger partial charge in [0.05, 0.1) is 11.4 Å². The van der Waals surface area contributed by atoms with Gasteiger partial charge in [0.25, 0.3) is 0 Å². The molecule has 1 heterocycles. The Morgan fingerprint density at radius 3 is 2.22 bits per heavy atom. The van der Waals surface area contributed by atoms with Crippen LogP contribution in [0, 0.1) is 13.8 Å². The summed E-state index contributed by atoms with van der Waals surface area (Å²) in [6.45, 7) is 3.49. The van der Waals surface area contributed by atoms with Crippen molar-refractivity contribution < 1.29 is 5.11 Å². The topological polar surface area (TPSA) is 61.7 Å². The van der Waals surface area contributed by atoms with Crippen LogP contribution < -0.4 is 5.11 Å². The Labute approximate surface area is 52.6 Å². The molecule has 0 aliphatic rings. The van der Waals surface area contributed by atoms with Crippen LogP contribution in [0.15, 0.2) is 0 Å². The number of nitrogens with zero attached hydrogens (tertiary/aromatic N) is 3. The third-order valence-electron chi connectivity index (χ3n) is 1.07. The Bertz CT molecular complexity index is 223. The van der Waals surface area contributed by atoms with E-state index < -0.39 is 6.01 Å². The summed E-state index contributed by atoms with van der Waals surface area (Å²) in [7, 11) is 0. The molecule has 0 saturated carbocycles. The van der Waals surface area contributed by atoms with E-state index in [1.165, 1.54) is 0 Å². The van der Waals surface area contributed by atoms with Crippen LogP contribution in [0.5, 0.6) is 6.01 Å². The predicted octanol–water partition coefficient (Wildman–Crippen LogP) is -0.438. The molecule has 9 heavy (non-hydrogen) atoms. The van der Waals surface area contributed by atoms with Crippen LogP contribution in [0.25, 0.3) is 0 Å². The molecule has 0 radical (unpaired) electrons. The summed E-state index contributed by atoms with van der Waals surface area (Å²) in [6.07, 6.45) is 0. The van der Waals surface area contributed by atoms with Crippen LogP contribution in [0.2, 0.25) is 0 Å². The standard InChI is InChI=1S/C5H7N3O/c1-3-4(2)7-8-5(9)6-3/h1-2H3,(H,6,8,9)/p-1. The third kappa shape index (κ3) is 1.13. The van der Waals surface area contributed by atoms with Gasteiger partial charge in [-0.1, -0.05) is 0 Å². The summed E-state index contributed by atoms with van der Waals surface area (Å²) in [5, 5.41) is 17.1. The van der Waals surface area contributed by atoms with Crippen molar-refractivity contribution in [2.75, 3.05) is 0 Å². The lowest BCUT2D eigenvalue weighted by atomic mass is 10.4. The van der Waals surface area contributed by atoms with Crippen LogP contribution >= 0.6 is 0 Å². The molecule has 0 aliphatic carbocycles. The quantitative estimate of drug-likeness (QED) is 0.470. The van der Waals surface area contributed by atoms with E-state index in [-0.39, 0.29) is 0 Å². The molecule has 4 heteroatoms. The average molecular weight is 124 g/mol. The molecule has 4 nitrogen and oxygen atoms in total. The zero-order valence-corrected chi connectivity index (χ0v) is 5.25. The van der Waals surface area contributed by atoms with Gasteiger partial charge in [0.15, 0.2) is 0 Å². The van der Waals surface area contributed by atoms with E-state index in [1.807, 2.05) is 0 Å². The van der Waals surface area contributed by atoms with Gasteiger partial charge in [0, 0.05) is 0 Å². The number of rotatable bonds is 0. The molecule has 48 valence electrons. The van der Waals surface area contributed by atoms with Gasteiger partial charge in [-0.05, 0) is 13.8 Å². The Balaban J connectivity index is 3.17. The molecule has 0 atom stereocenters.